The summed E-state index contributed by atoms with van der Waals surface area (Å²) in [6, 6.07) is 5.39. The number of rotatable bonds is 1. The molecule has 20 heavy (non-hydrogen) atoms. The molecule has 2 amide bonds. The lowest BCUT2D eigenvalue weighted by molar-refractivity contribution is -0.118. The summed E-state index contributed by atoms with van der Waals surface area (Å²) in [5.41, 5.74) is 1.08. The zero-order valence-electron chi connectivity index (χ0n) is 11.3. The molecule has 0 aromatic heterocycles. The van der Waals surface area contributed by atoms with Gasteiger partial charge < -0.3 is 20.3 Å². The molecule has 6 heteroatoms. The predicted molar refractivity (Wildman–Crippen MR) is 73.9 cm³/mol. The Balaban J connectivity index is 1.92. The Morgan fingerprint density at radius 1 is 1.45 bits per heavy atom. The third-order valence-electron chi connectivity index (χ3n) is 3.63. The van der Waals surface area contributed by atoms with Gasteiger partial charge in [0.15, 0.2) is 12.4 Å². The minimum Gasteiger partial charge on any atom is -0.481 e. The van der Waals surface area contributed by atoms with Gasteiger partial charge in [-0.05, 0) is 19.1 Å². The lowest BCUT2D eigenvalue weighted by Crippen LogP contribution is -2.52. The maximum Gasteiger partial charge on any atom is 0.262 e. The topological polar surface area (TPSA) is 70.7 Å². The summed E-state index contributed by atoms with van der Waals surface area (Å²) >= 11 is 0. The zero-order chi connectivity index (χ0) is 14.1. The number of piperazine rings is 1. The van der Waals surface area contributed by atoms with Gasteiger partial charge >= 0.3 is 0 Å². The third-order valence-corrected chi connectivity index (χ3v) is 3.63. The van der Waals surface area contributed by atoms with Crippen LogP contribution in [0.5, 0.6) is 5.75 Å². The quantitative estimate of drug-likeness (QED) is 0.781. The number of fused-ring (bicyclic) bond motifs is 1. The molecular weight excluding hydrogens is 258 g/mol. The Hall–Kier alpha value is -2.08. The normalized spacial score (nSPS) is 21.8. The van der Waals surface area contributed by atoms with Gasteiger partial charge in [-0.1, -0.05) is 6.07 Å². The highest BCUT2D eigenvalue weighted by Gasteiger charge is 2.29. The van der Waals surface area contributed by atoms with E-state index in [9.17, 15) is 9.59 Å². The van der Waals surface area contributed by atoms with E-state index >= 15 is 0 Å². The van der Waals surface area contributed by atoms with Crippen LogP contribution in [0.1, 0.15) is 17.3 Å². The third kappa shape index (κ3) is 2.22. The number of hydrogen-bond acceptors (Lipinski definition) is 4. The van der Waals surface area contributed by atoms with Gasteiger partial charge in [-0.2, -0.15) is 0 Å². The molecule has 2 aliphatic rings. The summed E-state index contributed by atoms with van der Waals surface area (Å²) in [5, 5.41) is 5.98. The van der Waals surface area contributed by atoms with Crippen LogP contribution in [0.4, 0.5) is 5.69 Å². The lowest BCUT2D eigenvalue weighted by atomic mass is 10.1. The Kier molecular flexibility index (Phi) is 3.31. The second-order valence-electron chi connectivity index (χ2n) is 5.07. The molecule has 1 fully saturated rings. The van der Waals surface area contributed by atoms with Crippen LogP contribution in [0.15, 0.2) is 18.2 Å². The first-order chi connectivity index (χ1) is 9.66. The second-order valence-corrected chi connectivity index (χ2v) is 5.07. The number of nitrogens with one attached hydrogen (secondary N) is 2. The molecule has 0 aliphatic carbocycles. The highest BCUT2D eigenvalue weighted by atomic mass is 16.5. The van der Waals surface area contributed by atoms with Crippen LogP contribution in [0.3, 0.4) is 0 Å². The van der Waals surface area contributed by atoms with Gasteiger partial charge in [-0.15, -0.1) is 0 Å². The minimum atomic E-state index is -0.197. The lowest BCUT2D eigenvalue weighted by Gasteiger charge is -2.34. The Morgan fingerprint density at radius 2 is 2.30 bits per heavy atom. The average molecular weight is 275 g/mol. The number of hydrogen-bond donors (Lipinski definition) is 2. The number of benzene rings is 1. The SMILES string of the molecule is C[C@H]1CNCCN1C(=O)c1cccc2c1OCC(=O)N2. The second kappa shape index (κ2) is 5.13. The maximum absolute atomic E-state index is 12.7. The highest BCUT2D eigenvalue weighted by Crippen LogP contribution is 2.32. The molecule has 2 N–H and O–H groups in total. The Morgan fingerprint density at radius 3 is 3.10 bits per heavy atom. The van der Waals surface area contributed by atoms with E-state index < -0.39 is 0 Å². The maximum atomic E-state index is 12.7. The fourth-order valence-electron chi connectivity index (χ4n) is 2.58. The van der Waals surface area contributed by atoms with Gasteiger partial charge in [0.25, 0.3) is 11.8 Å². The molecule has 106 valence electrons. The molecule has 0 radical (unpaired) electrons. The minimum absolute atomic E-state index is 0.0472. The van der Waals surface area contributed by atoms with Gasteiger partial charge in [-0.25, -0.2) is 0 Å². The molecule has 0 bridgehead atoms. The van der Waals surface area contributed by atoms with E-state index in [0.29, 0.717) is 23.5 Å². The van der Waals surface area contributed by atoms with Gasteiger partial charge in [0.05, 0.1) is 11.3 Å². The van der Waals surface area contributed by atoms with Crippen molar-refractivity contribution < 1.29 is 14.3 Å². The molecule has 1 atom stereocenters. The Labute approximate surface area is 117 Å². The number of carbonyl (C=O) groups is 2. The molecule has 2 heterocycles. The van der Waals surface area contributed by atoms with Crippen LogP contribution in [0, 0.1) is 0 Å². The van der Waals surface area contributed by atoms with Gasteiger partial charge in [0, 0.05) is 25.7 Å². The molecule has 0 saturated carbocycles. The van der Waals surface area contributed by atoms with Crippen molar-refractivity contribution in [3.05, 3.63) is 23.8 Å². The largest absolute Gasteiger partial charge is 0.481 e. The number of nitrogens with zero attached hydrogens (tertiary/aromatic N) is 1. The summed E-state index contributed by atoms with van der Waals surface area (Å²) in [6.07, 6.45) is 0. The van der Waals surface area contributed by atoms with Crippen LogP contribution in [0.2, 0.25) is 0 Å². The summed E-state index contributed by atoms with van der Waals surface area (Å²) in [5.74, 6) is 0.229. The zero-order valence-corrected chi connectivity index (χ0v) is 11.3. The molecular formula is C14H17N3O3. The Bertz CT molecular complexity index is 559. The van der Waals surface area contributed by atoms with E-state index in [1.54, 1.807) is 18.2 Å². The van der Waals surface area contributed by atoms with Crippen molar-refractivity contribution in [3.8, 4) is 5.75 Å². The molecule has 0 spiro atoms. The van der Waals surface area contributed by atoms with Crippen LogP contribution in [-0.2, 0) is 4.79 Å². The van der Waals surface area contributed by atoms with Crippen molar-refractivity contribution in [1.82, 2.24) is 10.2 Å². The fraction of sp³-hybridized carbons (Fsp3) is 0.429. The molecule has 1 aromatic rings. The van der Waals surface area contributed by atoms with E-state index in [4.69, 9.17) is 4.74 Å². The first kappa shape index (κ1) is 12.9. The van der Waals surface area contributed by atoms with E-state index in [2.05, 4.69) is 10.6 Å². The average Bonchev–Trinajstić information content (AvgIpc) is 2.46. The van der Waals surface area contributed by atoms with Crippen LogP contribution in [-0.4, -0.2) is 49.0 Å². The summed E-state index contributed by atoms with van der Waals surface area (Å²) in [7, 11) is 0. The first-order valence-corrected chi connectivity index (χ1v) is 6.74. The standard InChI is InChI=1S/C14H17N3O3/c1-9-7-15-5-6-17(9)14(19)10-3-2-4-11-13(10)20-8-12(18)16-11/h2-4,9,15H,5-8H2,1H3,(H,16,18)/t9-/m0/s1. The monoisotopic (exact) mass is 275 g/mol. The smallest absolute Gasteiger partial charge is 0.262 e. The van der Waals surface area contributed by atoms with E-state index in [1.165, 1.54) is 0 Å². The summed E-state index contributed by atoms with van der Waals surface area (Å²) < 4.78 is 5.44. The van der Waals surface area contributed by atoms with Crippen molar-refractivity contribution in [2.45, 2.75) is 13.0 Å². The molecule has 3 rings (SSSR count). The van der Waals surface area contributed by atoms with Gasteiger partial charge in [-0.3, -0.25) is 9.59 Å². The van der Waals surface area contributed by atoms with Gasteiger partial charge in [0.1, 0.15) is 0 Å². The summed E-state index contributed by atoms with van der Waals surface area (Å²) in [6.45, 7) is 4.23. The van der Waals surface area contributed by atoms with Crippen molar-refractivity contribution in [2.75, 3.05) is 31.6 Å². The van der Waals surface area contributed by atoms with Crippen molar-refractivity contribution >= 4 is 17.5 Å². The van der Waals surface area contributed by atoms with Crippen LogP contribution < -0.4 is 15.4 Å². The number of amides is 2. The molecule has 6 nitrogen and oxygen atoms in total. The number of para-hydroxylation sites is 1. The molecule has 0 unspecified atom stereocenters. The predicted octanol–water partition coefficient (Wildman–Crippen LogP) is 0.451. The van der Waals surface area contributed by atoms with Gasteiger partial charge in [0.2, 0.25) is 0 Å². The number of carbonyl (C=O) groups excluding carboxylic acids is 2. The number of anilines is 1. The highest BCUT2D eigenvalue weighted by molar-refractivity contribution is 6.03. The van der Waals surface area contributed by atoms with E-state index in [0.717, 1.165) is 13.1 Å². The molecule has 2 aliphatic heterocycles. The van der Waals surface area contributed by atoms with Crippen molar-refractivity contribution in [1.29, 1.82) is 0 Å². The number of ether oxygens (including phenoxy) is 1. The van der Waals surface area contributed by atoms with E-state index in [1.807, 2.05) is 11.8 Å². The molecule has 1 aromatic carbocycles. The van der Waals surface area contributed by atoms with Crippen molar-refractivity contribution in [2.24, 2.45) is 0 Å². The van der Waals surface area contributed by atoms with Crippen molar-refractivity contribution in [3.63, 3.8) is 0 Å². The molecule has 1 saturated heterocycles. The summed E-state index contributed by atoms with van der Waals surface area (Å²) in [4.78, 5) is 25.8. The fourth-order valence-corrected chi connectivity index (χ4v) is 2.58. The first-order valence-electron chi connectivity index (χ1n) is 6.74. The van der Waals surface area contributed by atoms with Crippen LogP contribution >= 0.6 is 0 Å². The van der Waals surface area contributed by atoms with E-state index in [-0.39, 0.29) is 24.5 Å². The van der Waals surface area contributed by atoms with Crippen LogP contribution in [0.25, 0.3) is 0 Å².